The third-order valence-corrected chi connectivity index (χ3v) is 4.43. The number of aromatic nitrogens is 1. The van der Waals surface area contributed by atoms with Crippen molar-refractivity contribution >= 4 is 17.8 Å². The summed E-state index contributed by atoms with van der Waals surface area (Å²) in [6.07, 6.45) is 4.96. The van der Waals surface area contributed by atoms with E-state index in [2.05, 4.69) is 20.4 Å². The van der Waals surface area contributed by atoms with Crippen molar-refractivity contribution in [2.45, 2.75) is 25.4 Å². The molecule has 1 aromatic carbocycles. The third kappa shape index (κ3) is 4.30. The smallest absolute Gasteiger partial charge is 0.411 e. The first-order chi connectivity index (χ1) is 12.7. The molecule has 3 rings (SSSR count). The van der Waals surface area contributed by atoms with Gasteiger partial charge in [-0.15, -0.1) is 0 Å². The molecule has 0 bridgehead atoms. The minimum Gasteiger partial charge on any atom is -0.453 e. The van der Waals surface area contributed by atoms with Gasteiger partial charge in [-0.25, -0.2) is 9.59 Å². The van der Waals surface area contributed by atoms with E-state index < -0.39 is 6.09 Å². The molecule has 7 heteroatoms. The zero-order valence-corrected chi connectivity index (χ0v) is 14.6. The summed E-state index contributed by atoms with van der Waals surface area (Å²) in [6, 6.07) is 11.2. The molecule has 0 unspecified atom stereocenters. The lowest BCUT2D eigenvalue weighted by molar-refractivity contribution is 0.187. The lowest BCUT2D eigenvalue weighted by Gasteiger charge is -2.25. The molecule has 136 valence electrons. The van der Waals surface area contributed by atoms with Crippen LogP contribution in [0.1, 0.15) is 30.0 Å². The van der Waals surface area contributed by atoms with Crippen molar-refractivity contribution in [3.05, 3.63) is 59.9 Å². The molecule has 2 heterocycles. The highest BCUT2D eigenvalue weighted by Crippen LogP contribution is 2.31. The summed E-state index contributed by atoms with van der Waals surface area (Å²) in [7, 11) is 1.32. The van der Waals surface area contributed by atoms with Gasteiger partial charge in [0.1, 0.15) is 0 Å². The van der Waals surface area contributed by atoms with Gasteiger partial charge in [0.15, 0.2) is 0 Å². The lowest BCUT2D eigenvalue weighted by atomic mass is 10.1. The summed E-state index contributed by atoms with van der Waals surface area (Å²) >= 11 is 0. The first-order valence-corrected chi connectivity index (χ1v) is 8.55. The van der Waals surface area contributed by atoms with Gasteiger partial charge in [-0.1, -0.05) is 12.1 Å². The molecule has 3 amide bonds. The van der Waals surface area contributed by atoms with Gasteiger partial charge in [-0.05, 0) is 48.2 Å². The highest BCUT2D eigenvalue weighted by Gasteiger charge is 2.29. The summed E-state index contributed by atoms with van der Waals surface area (Å²) in [5.41, 5.74) is 2.71. The molecule has 1 saturated heterocycles. The molecule has 1 fully saturated rings. The standard InChI is InChI=1S/C19H22N4O3/c1-26-19(25)22-16-6-4-14(5-7-16)13-21-18(24)23-12-2-3-17(23)15-8-10-20-11-9-15/h4-11,17H,2-3,12-13H2,1H3,(H,21,24)(H,22,25)/t17-/m1/s1. The number of rotatable bonds is 4. The number of carbonyl (C=O) groups excluding carboxylic acids is 2. The molecule has 26 heavy (non-hydrogen) atoms. The Bertz CT molecular complexity index is 749. The van der Waals surface area contributed by atoms with Crippen LogP contribution in [-0.4, -0.2) is 35.7 Å². The molecule has 7 nitrogen and oxygen atoms in total. The SMILES string of the molecule is COC(=O)Nc1ccc(CNC(=O)N2CCC[C@@H]2c2ccncc2)cc1. The molecular formula is C19H22N4O3. The minimum atomic E-state index is -0.512. The van der Waals surface area contributed by atoms with Crippen LogP contribution in [0.25, 0.3) is 0 Å². The molecule has 1 aliphatic heterocycles. The Hall–Kier alpha value is -3.09. The Morgan fingerprint density at radius 1 is 1.19 bits per heavy atom. The van der Waals surface area contributed by atoms with E-state index in [1.54, 1.807) is 24.5 Å². The summed E-state index contributed by atoms with van der Waals surface area (Å²) in [4.78, 5) is 29.7. The Balaban J connectivity index is 1.56. The molecule has 0 radical (unpaired) electrons. The Labute approximate surface area is 152 Å². The van der Waals surface area contributed by atoms with Crippen LogP contribution in [0.4, 0.5) is 15.3 Å². The number of amides is 3. The number of hydrogen-bond donors (Lipinski definition) is 2. The van der Waals surface area contributed by atoms with Crippen LogP contribution in [0.15, 0.2) is 48.8 Å². The minimum absolute atomic E-state index is 0.0684. The second-order valence-corrected chi connectivity index (χ2v) is 6.10. The first kappa shape index (κ1) is 17.7. The van der Waals surface area contributed by atoms with Crippen LogP contribution in [0.5, 0.6) is 0 Å². The molecule has 1 aliphatic rings. The zero-order valence-electron chi connectivity index (χ0n) is 14.6. The highest BCUT2D eigenvalue weighted by molar-refractivity contribution is 5.84. The van der Waals surface area contributed by atoms with E-state index in [0.29, 0.717) is 12.2 Å². The molecule has 0 spiro atoms. The van der Waals surface area contributed by atoms with Gasteiger partial charge in [0.05, 0.1) is 13.2 Å². The predicted octanol–water partition coefficient (Wildman–Crippen LogP) is 3.31. The number of nitrogens with zero attached hydrogens (tertiary/aromatic N) is 2. The maximum atomic E-state index is 12.6. The number of ether oxygens (including phenoxy) is 1. The molecule has 2 N–H and O–H groups in total. The summed E-state index contributed by atoms with van der Waals surface area (Å²) < 4.78 is 4.55. The quantitative estimate of drug-likeness (QED) is 0.882. The van der Waals surface area contributed by atoms with E-state index in [9.17, 15) is 9.59 Å². The summed E-state index contributed by atoms with van der Waals surface area (Å²) in [5, 5.41) is 5.56. The normalized spacial score (nSPS) is 16.2. The Morgan fingerprint density at radius 3 is 2.62 bits per heavy atom. The van der Waals surface area contributed by atoms with Crippen LogP contribution in [0.2, 0.25) is 0 Å². The number of benzene rings is 1. The van der Waals surface area contributed by atoms with Gasteiger partial charge in [0.2, 0.25) is 0 Å². The van der Waals surface area contributed by atoms with Crippen molar-refractivity contribution < 1.29 is 14.3 Å². The van der Waals surface area contributed by atoms with Crippen LogP contribution in [-0.2, 0) is 11.3 Å². The number of methoxy groups -OCH3 is 1. The third-order valence-electron chi connectivity index (χ3n) is 4.43. The molecule has 0 aliphatic carbocycles. The molecule has 1 aromatic heterocycles. The van der Waals surface area contributed by atoms with Crippen LogP contribution in [0, 0.1) is 0 Å². The van der Waals surface area contributed by atoms with Gasteiger partial charge < -0.3 is 15.0 Å². The van der Waals surface area contributed by atoms with Crippen molar-refractivity contribution in [3.8, 4) is 0 Å². The van der Waals surface area contributed by atoms with Gasteiger partial charge in [-0.2, -0.15) is 0 Å². The Kier molecular flexibility index (Phi) is 5.68. The first-order valence-electron chi connectivity index (χ1n) is 8.55. The van der Waals surface area contributed by atoms with E-state index in [-0.39, 0.29) is 12.1 Å². The zero-order chi connectivity index (χ0) is 18.4. The largest absolute Gasteiger partial charge is 0.453 e. The van der Waals surface area contributed by atoms with Crippen molar-refractivity contribution in [2.75, 3.05) is 19.0 Å². The average Bonchev–Trinajstić information content (AvgIpc) is 3.18. The van der Waals surface area contributed by atoms with E-state index in [1.807, 2.05) is 29.2 Å². The van der Waals surface area contributed by atoms with Gasteiger partial charge in [0, 0.05) is 31.2 Å². The lowest BCUT2D eigenvalue weighted by Crippen LogP contribution is -2.39. The number of anilines is 1. The number of carbonyl (C=O) groups is 2. The topological polar surface area (TPSA) is 83.6 Å². The van der Waals surface area contributed by atoms with Crippen molar-refractivity contribution in [3.63, 3.8) is 0 Å². The van der Waals surface area contributed by atoms with E-state index in [4.69, 9.17) is 0 Å². The molecule has 0 saturated carbocycles. The number of urea groups is 1. The van der Waals surface area contributed by atoms with Crippen molar-refractivity contribution in [1.29, 1.82) is 0 Å². The van der Waals surface area contributed by atoms with Crippen molar-refractivity contribution in [1.82, 2.24) is 15.2 Å². The highest BCUT2D eigenvalue weighted by atomic mass is 16.5. The molecule has 1 atom stereocenters. The maximum absolute atomic E-state index is 12.6. The monoisotopic (exact) mass is 354 g/mol. The van der Waals surface area contributed by atoms with E-state index in [0.717, 1.165) is 30.5 Å². The van der Waals surface area contributed by atoms with E-state index in [1.165, 1.54) is 7.11 Å². The van der Waals surface area contributed by atoms with Crippen LogP contribution in [0.3, 0.4) is 0 Å². The second kappa shape index (κ2) is 8.33. The fourth-order valence-electron chi connectivity index (χ4n) is 3.10. The average molecular weight is 354 g/mol. The summed E-state index contributed by atoms with van der Waals surface area (Å²) in [5.74, 6) is 0. The van der Waals surface area contributed by atoms with Gasteiger partial charge in [-0.3, -0.25) is 10.3 Å². The maximum Gasteiger partial charge on any atom is 0.411 e. The Morgan fingerprint density at radius 2 is 1.92 bits per heavy atom. The van der Waals surface area contributed by atoms with Crippen molar-refractivity contribution in [2.24, 2.45) is 0 Å². The predicted molar refractivity (Wildman–Crippen MR) is 97.6 cm³/mol. The molecule has 2 aromatic rings. The van der Waals surface area contributed by atoms with Crippen LogP contribution >= 0.6 is 0 Å². The van der Waals surface area contributed by atoms with Gasteiger partial charge in [0.25, 0.3) is 0 Å². The molecular weight excluding hydrogens is 332 g/mol. The fourth-order valence-corrected chi connectivity index (χ4v) is 3.10. The van der Waals surface area contributed by atoms with Gasteiger partial charge >= 0.3 is 12.1 Å². The summed E-state index contributed by atoms with van der Waals surface area (Å²) in [6.45, 7) is 1.18. The second-order valence-electron chi connectivity index (χ2n) is 6.10. The number of hydrogen-bond acceptors (Lipinski definition) is 4. The fraction of sp³-hybridized carbons (Fsp3) is 0.316. The van der Waals surface area contributed by atoms with E-state index >= 15 is 0 Å². The number of pyridine rings is 1. The number of nitrogens with one attached hydrogen (secondary N) is 2. The number of likely N-dealkylation sites (tertiary alicyclic amines) is 1. The van der Waals surface area contributed by atoms with Crippen LogP contribution < -0.4 is 10.6 Å².